The molecule has 0 bridgehead atoms. The molecule has 0 aromatic carbocycles. The quantitative estimate of drug-likeness (QED) is 0.844. The normalized spacial score (nSPS) is 21.1. The Hall–Kier alpha value is -1.03. The van der Waals surface area contributed by atoms with E-state index in [1.165, 1.54) is 6.33 Å². The van der Waals surface area contributed by atoms with Crippen molar-refractivity contribution in [2.45, 2.75) is 33.7 Å². The van der Waals surface area contributed by atoms with Gasteiger partial charge in [-0.2, -0.15) is 0 Å². The molecule has 0 spiro atoms. The molecule has 2 rings (SSSR count). The Labute approximate surface area is 107 Å². The number of hydrogen-bond acceptors (Lipinski definition) is 4. The van der Waals surface area contributed by atoms with Gasteiger partial charge in [-0.25, -0.2) is 9.97 Å². The van der Waals surface area contributed by atoms with Gasteiger partial charge < -0.3 is 10.1 Å². The minimum Gasteiger partial charge on any atom is -0.490 e. The maximum Gasteiger partial charge on any atom is 0.198 e. The Bertz CT molecular complexity index is 431. The van der Waals surface area contributed by atoms with Gasteiger partial charge in [-0.1, -0.05) is 39.3 Å². The van der Waals surface area contributed by atoms with Crippen molar-refractivity contribution in [3.63, 3.8) is 0 Å². The first-order valence-corrected chi connectivity index (χ1v) is 6.01. The molecule has 0 atom stereocenters. The van der Waals surface area contributed by atoms with Gasteiger partial charge in [0.1, 0.15) is 6.33 Å². The zero-order valence-electron chi connectivity index (χ0n) is 10.8. The molecule has 1 aliphatic carbocycles. The van der Waals surface area contributed by atoms with Gasteiger partial charge in [0.15, 0.2) is 16.7 Å². The van der Waals surface area contributed by atoms with Crippen LogP contribution in [0.25, 0.3) is 0 Å². The van der Waals surface area contributed by atoms with Crippen LogP contribution in [0.5, 0.6) is 5.75 Å². The average molecular weight is 256 g/mol. The lowest BCUT2D eigenvalue weighted by molar-refractivity contribution is 0.412. The number of nitrogens with one attached hydrogen (secondary N) is 1. The predicted octanol–water partition coefficient (Wildman–Crippen LogP) is 2.99. The van der Waals surface area contributed by atoms with Crippen LogP contribution in [-0.4, -0.2) is 23.1 Å². The van der Waals surface area contributed by atoms with Crippen molar-refractivity contribution >= 4 is 17.4 Å². The predicted molar refractivity (Wildman–Crippen MR) is 68.6 cm³/mol. The largest absolute Gasteiger partial charge is 0.490 e. The van der Waals surface area contributed by atoms with E-state index in [0.29, 0.717) is 22.8 Å². The summed E-state index contributed by atoms with van der Waals surface area (Å²) < 4.78 is 5.22. The van der Waals surface area contributed by atoms with Gasteiger partial charge in [0.2, 0.25) is 0 Å². The molecule has 1 fully saturated rings. The van der Waals surface area contributed by atoms with Crippen molar-refractivity contribution in [2.75, 3.05) is 12.4 Å². The summed E-state index contributed by atoms with van der Waals surface area (Å²) in [7, 11) is 1.57. The Morgan fingerprint density at radius 2 is 1.82 bits per heavy atom. The van der Waals surface area contributed by atoms with E-state index in [9.17, 15) is 0 Å². The van der Waals surface area contributed by atoms with E-state index in [0.717, 1.165) is 0 Å². The monoisotopic (exact) mass is 255 g/mol. The van der Waals surface area contributed by atoms with Crippen molar-refractivity contribution in [3.8, 4) is 5.75 Å². The molecule has 1 saturated carbocycles. The number of ether oxygens (including phenoxy) is 1. The van der Waals surface area contributed by atoms with E-state index in [4.69, 9.17) is 16.3 Å². The molecule has 17 heavy (non-hydrogen) atoms. The van der Waals surface area contributed by atoms with E-state index in [1.807, 2.05) is 0 Å². The molecule has 1 aromatic heterocycles. The molecule has 0 aliphatic heterocycles. The SMILES string of the molecule is COc1c(Cl)ncnc1NC1C(C)(C)C1(C)C. The molecule has 94 valence electrons. The number of aromatic nitrogens is 2. The lowest BCUT2D eigenvalue weighted by Crippen LogP contribution is -2.12. The fraction of sp³-hybridized carbons (Fsp3) is 0.667. The topological polar surface area (TPSA) is 47.0 Å². The smallest absolute Gasteiger partial charge is 0.198 e. The van der Waals surface area contributed by atoms with Crippen LogP contribution < -0.4 is 10.1 Å². The van der Waals surface area contributed by atoms with Gasteiger partial charge >= 0.3 is 0 Å². The van der Waals surface area contributed by atoms with Crippen LogP contribution in [-0.2, 0) is 0 Å². The molecular weight excluding hydrogens is 238 g/mol. The Morgan fingerprint density at radius 3 is 2.29 bits per heavy atom. The fourth-order valence-corrected chi connectivity index (χ4v) is 2.54. The molecule has 0 saturated heterocycles. The molecule has 4 nitrogen and oxygen atoms in total. The summed E-state index contributed by atoms with van der Waals surface area (Å²) in [5.74, 6) is 1.17. The van der Waals surface area contributed by atoms with E-state index in [2.05, 4.69) is 43.0 Å². The highest BCUT2D eigenvalue weighted by Crippen LogP contribution is 2.63. The summed E-state index contributed by atoms with van der Waals surface area (Å²) >= 11 is 5.96. The van der Waals surface area contributed by atoms with Crippen molar-refractivity contribution in [2.24, 2.45) is 10.8 Å². The second kappa shape index (κ2) is 3.73. The third-order valence-electron chi connectivity index (χ3n) is 4.27. The minimum absolute atomic E-state index is 0.232. The maximum absolute atomic E-state index is 5.96. The summed E-state index contributed by atoms with van der Waals surface area (Å²) in [5.41, 5.74) is 0.463. The first-order chi connectivity index (χ1) is 7.82. The first-order valence-electron chi connectivity index (χ1n) is 5.63. The molecule has 0 unspecified atom stereocenters. The highest BCUT2D eigenvalue weighted by atomic mass is 35.5. The number of hydrogen-bond donors (Lipinski definition) is 1. The Kier molecular flexibility index (Phi) is 2.73. The van der Waals surface area contributed by atoms with Gasteiger partial charge in [-0.3, -0.25) is 0 Å². The van der Waals surface area contributed by atoms with E-state index in [1.54, 1.807) is 7.11 Å². The molecular formula is C12H18ClN3O. The zero-order valence-corrected chi connectivity index (χ0v) is 11.6. The van der Waals surface area contributed by atoms with Crippen LogP contribution >= 0.6 is 11.6 Å². The van der Waals surface area contributed by atoms with Crippen LogP contribution in [0.15, 0.2) is 6.33 Å². The zero-order chi connectivity index (χ0) is 12.8. The second-order valence-corrected chi connectivity index (χ2v) is 5.93. The highest BCUT2D eigenvalue weighted by Gasteiger charge is 2.65. The average Bonchev–Trinajstić information content (AvgIpc) is 2.61. The van der Waals surface area contributed by atoms with Crippen LogP contribution in [0.3, 0.4) is 0 Å². The maximum atomic E-state index is 5.96. The molecule has 0 radical (unpaired) electrons. The lowest BCUT2D eigenvalue weighted by atomic mass is 10.0. The van der Waals surface area contributed by atoms with Crippen LogP contribution in [0.4, 0.5) is 5.82 Å². The molecule has 1 N–H and O–H groups in total. The van der Waals surface area contributed by atoms with E-state index < -0.39 is 0 Å². The van der Waals surface area contributed by atoms with Crippen LogP contribution in [0.2, 0.25) is 5.15 Å². The molecule has 1 aliphatic rings. The minimum atomic E-state index is 0.232. The summed E-state index contributed by atoms with van der Waals surface area (Å²) in [4.78, 5) is 8.09. The standard InChI is InChI=1S/C12H18ClN3O/c1-11(2)10(12(11,3)4)16-9-7(17-5)8(13)14-6-15-9/h6,10H,1-5H3,(H,14,15,16). The summed E-state index contributed by atoms with van der Waals surface area (Å²) in [6.07, 6.45) is 1.44. The van der Waals surface area contributed by atoms with E-state index in [-0.39, 0.29) is 10.8 Å². The van der Waals surface area contributed by atoms with Gasteiger partial charge in [-0.15, -0.1) is 0 Å². The highest BCUT2D eigenvalue weighted by molar-refractivity contribution is 6.31. The molecule has 0 amide bonds. The molecule has 1 aromatic rings. The molecule has 5 heteroatoms. The second-order valence-electron chi connectivity index (χ2n) is 5.57. The number of methoxy groups -OCH3 is 1. The number of rotatable bonds is 3. The van der Waals surface area contributed by atoms with Crippen LogP contribution in [0.1, 0.15) is 27.7 Å². The lowest BCUT2D eigenvalue weighted by Gasteiger charge is -2.11. The van der Waals surface area contributed by atoms with Gasteiger partial charge in [0, 0.05) is 6.04 Å². The van der Waals surface area contributed by atoms with Crippen molar-refractivity contribution in [1.29, 1.82) is 0 Å². The first kappa shape index (κ1) is 12.4. The van der Waals surface area contributed by atoms with Gasteiger partial charge in [0.25, 0.3) is 0 Å². The third kappa shape index (κ3) is 1.75. The number of anilines is 1. The third-order valence-corrected chi connectivity index (χ3v) is 4.54. The number of halogens is 1. The molecule has 1 heterocycles. The fourth-order valence-electron chi connectivity index (χ4n) is 2.33. The Balaban J connectivity index is 2.24. The van der Waals surface area contributed by atoms with Gasteiger partial charge in [-0.05, 0) is 10.8 Å². The summed E-state index contributed by atoms with van der Waals surface area (Å²) in [5, 5.41) is 3.73. The van der Waals surface area contributed by atoms with E-state index >= 15 is 0 Å². The summed E-state index contributed by atoms with van der Waals surface area (Å²) in [6.45, 7) is 8.94. The summed E-state index contributed by atoms with van der Waals surface area (Å²) in [6, 6.07) is 0.356. The van der Waals surface area contributed by atoms with Gasteiger partial charge in [0.05, 0.1) is 7.11 Å². The van der Waals surface area contributed by atoms with Crippen molar-refractivity contribution < 1.29 is 4.74 Å². The Morgan fingerprint density at radius 1 is 1.24 bits per heavy atom. The van der Waals surface area contributed by atoms with Crippen molar-refractivity contribution in [3.05, 3.63) is 11.5 Å². The van der Waals surface area contributed by atoms with Crippen LogP contribution in [0, 0.1) is 10.8 Å². The van der Waals surface area contributed by atoms with Crippen molar-refractivity contribution in [1.82, 2.24) is 9.97 Å². The number of nitrogens with zero attached hydrogens (tertiary/aromatic N) is 2.